The van der Waals surface area contributed by atoms with Gasteiger partial charge in [-0.2, -0.15) is 0 Å². The molecule has 146 valence electrons. The Morgan fingerprint density at radius 2 is 1.86 bits per heavy atom. The van der Waals surface area contributed by atoms with E-state index in [0.29, 0.717) is 18.0 Å². The van der Waals surface area contributed by atoms with Crippen LogP contribution in [0.4, 0.5) is 5.82 Å². The van der Waals surface area contributed by atoms with Crippen molar-refractivity contribution in [1.82, 2.24) is 4.98 Å². The van der Waals surface area contributed by atoms with Gasteiger partial charge in [-0.15, -0.1) is 0 Å². The molecule has 1 heterocycles. The molecule has 0 saturated heterocycles. The summed E-state index contributed by atoms with van der Waals surface area (Å²) in [6.07, 6.45) is 4.44. The van der Waals surface area contributed by atoms with Crippen LogP contribution < -0.4 is 10.1 Å². The van der Waals surface area contributed by atoms with E-state index >= 15 is 0 Å². The molecular formula is C23H20N2O4. The molecule has 0 radical (unpaired) electrons. The summed E-state index contributed by atoms with van der Waals surface area (Å²) < 4.78 is 10.4. The predicted octanol–water partition coefficient (Wildman–Crippen LogP) is 4.10. The maximum atomic E-state index is 12.1. The highest BCUT2D eigenvalue weighted by molar-refractivity contribution is 6.01. The van der Waals surface area contributed by atoms with Crippen LogP contribution in [0.1, 0.15) is 21.5 Å². The lowest BCUT2D eigenvalue weighted by atomic mass is 10.2. The van der Waals surface area contributed by atoms with E-state index in [4.69, 9.17) is 4.74 Å². The molecule has 0 fully saturated rings. The summed E-state index contributed by atoms with van der Waals surface area (Å²) >= 11 is 0. The molecule has 1 N–H and O–H groups in total. The lowest BCUT2D eigenvalue weighted by Crippen LogP contribution is -2.10. The Morgan fingerprint density at radius 1 is 1.03 bits per heavy atom. The van der Waals surface area contributed by atoms with Gasteiger partial charge < -0.3 is 14.8 Å². The number of nitrogens with one attached hydrogen (secondary N) is 1. The van der Waals surface area contributed by atoms with E-state index in [1.165, 1.54) is 31.5 Å². The highest BCUT2D eigenvalue weighted by Gasteiger charge is 2.06. The lowest BCUT2D eigenvalue weighted by Gasteiger charge is -2.07. The van der Waals surface area contributed by atoms with Crippen LogP contribution in [0.25, 0.3) is 6.08 Å². The molecule has 6 nitrogen and oxygen atoms in total. The second kappa shape index (κ2) is 9.85. The topological polar surface area (TPSA) is 77.5 Å². The first kappa shape index (κ1) is 19.8. The molecule has 0 spiro atoms. The molecule has 29 heavy (non-hydrogen) atoms. The largest absolute Gasteiger partial charge is 0.489 e. The third-order valence-corrected chi connectivity index (χ3v) is 3.97. The summed E-state index contributed by atoms with van der Waals surface area (Å²) in [5.74, 6) is 0.243. The number of ether oxygens (including phenoxy) is 2. The number of methoxy groups -OCH3 is 1. The molecule has 0 bridgehead atoms. The zero-order valence-electron chi connectivity index (χ0n) is 15.9. The SMILES string of the molecule is COC(=O)c1ccc(NC(=O)/C=C/c2cccc(OCc3ccccc3)c2)nc1. The van der Waals surface area contributed by atoms with Crippen LogP contribution in [0.5, 0.6) is 5.75 Å². The minimum Gasteiger partial charge on any atom is -0.489 e. The van der Waals surface area contributed by atoms with Gasteiger partial charge in [0, 0.05) is 12.3 Å². The van der Waals surface area contributed by atoms with Gasteiger partial charge in [-0.3, -0.25) is 4.79 Å². The monoisotopic (exact) mass is 388 g/mol. The molecule has 2 aromatic carbocycles. The van der Waals surface area contributed by atoms with Crippen LogP contribution in [0.15, 0.2) is 79.0 Å². The van der Waals surface area contributed by atoms with E-state index in [1.54, 1.807) is 6.08 Å². The van der Waals surface area contributed by atoms with E-state index in [2.05, 4.69) is 15.0 Å². The Labute approximate surface area is 168 Å². The first-order valence-corrected chi connectivity index (χ1v) is 8.94. The highest BCUT2D eigenvalue weighted by Crippen LogP contribution is 2.16. The number of hydrogen-bond donors (Lipinski definition) is 1. The molecule has 0 saturated carbocycles. The van der Waals surface area contributed by atoms with Crippen molar-refractivity contribution in [2.24, 2.45) is 0 Å². The molecule has 1 aromatic heterocycles. The fourth-order valence-corrected chi connectivity index (χ4v) is 2.50. The summed E-state index contributed by atoms with van der Waals surface area (Å²) in [7, 11) is 1.30. The van der Waals surface area contributed by atoms with Crippen LogP contribution in [-0.4, -0.2) is 24.0 Å². The number of rotatable bonds is 7. The van der Waals surface area contributed by atoms with Crippen LogP contribution in [0, 0.1) is 0 Å². The van der Waals surface area contributed by atoms with Gasteiger partial charge in [-0.1, -0.05) is 42.5 Å². The van der Waals surface area contributed by atoms with Crippen molar-refractivity contribution in [3.05, 3.63) is 95.7 Å². The zero-order chi connectivity index (χ0) is 20.5. The normalized spacial score (nSPS) is 10.5. The van der Waals surface area contributed by atoms with Crippen LogP contribution >= 0.6 is 0 Å². The number of amides is 1. The zero-order valence-corrected chi connectivity index (χ0v) is 15.9. The maximum absolute atomic E-state index is 12.1. The second-order valence-corrected chi connectivity index (χ2v) is 6.09. The second-order valence-electron chi connectivity index (χ2n) is 6.09. The summed E-state index contributed by atoms with van der Waals surface area (Å²) in [5.41, 5.74) is 2.23. The van der Waals surface area contributed by atoms with Crippen molar-refractivity contribution in [3.63, 3.8) is 0 Å². The minimum atomic E-state index is -0.482. The Morgan fingerprint density at radius 3 is 2.59 bits per heavy atom. The Kier molecular flexibility index (Phi) is 6.73. The molecule has 1 amide bonds. The van der Waals surface area contributed by atoms with Gasteiger partial charge >= 0.3 is 5.97 Å². The van der Waals surface area contributed by atoms with Crippen LogP contribution in [0.3, 0.4) is 0 Å². The minimum absolute atomic E-state index is 0.313. The van der Waals surface area contributed by atoms with Gasteiger partial charge in [0.25, 0.3) is 0 Å². The molecule has 0 aliphatic heterocycles. The van der Waals surface area contributed by atoms with Gasteiger partial charge in [0.2, 0.25) is 5.91 Å². The average molecular weight is 388 g/mol. The number of esters is 1. The lowest BCUT2D eigenvalue weighted by molar-refractivity contribution is -0.111. The van der Waals surface area contributed by atoms with Gasteiger partial charge in [0.05, 0.1) is 12.7 Å². The number of carbonyl (C=O) groups is 2. The molecule has 3 rings (SSSR count). The molecular weight excluding hydrogens is 368 g/mol. The van der Waals surface area contributed by atoms with Gasteiger partial charge in [0.15, 0.2) is 0 Å². The van der Waals surface area contributed by atoms with Crippen LogP contribution in [0.2, 0.25) is 0 Å². The first-order chi connectivity index (χ1) is 14.1. The molecule has 3 aromatic rings. The van der Waals surface area contributed by atoms with Crippen molar-refractivity contribution in [3.8, 4) is 5.75 Å². The fourth-order valence-electron chi connectivity index (χ4n) is 2.50. The third kappa shape index (κ3) is 6.04. The Bertz CT molecular complexity index is 999. The Hall–Kier alpha value is -3.93. The molecule has 0 aliphatic rings. The highest BCUT2D eigenvalue weighted by atomic mass is 16.5. The number of hydrogen-bond acceptors (Lipinski definition) is 5. The molecule has 6 heteroatoms. The fraction of sp³-hybridized carbons (Fsp3) is 0.0870. The smallest absolute Gasteiger partial charge is 0.339 e. The summed E-state index contributed by atoms with van der Waals surface area (Å²) in [4.78, 5) is 27.5. The van der Waals surface area contributed by atoms with E-state index < -0.39 is 5.97 Å². The average Bonchev–Trinajstić information content (AvgIpc) is 2.77. The van der Waals surface area contributed by atoms with Gasteiger partial charge in [-0.05, 0) is 41.5 Å². The van der Waals surface area contributed by atoms with Crippen molar-refractivity contribution in [1.29, 1.82) is 0 Å². The quantitative estimate of drug-likeness (QED) is 0.487. The van der Waals surface area contributed by atoms with E-state index in [1.807, 2.05) is 54.6 Å². The molecule has 0 unspecified atom stereocenters. The summed E-state index contributed by atoms with van der Waals surface area (Å²) in [5, 5.41) is 2.64. The first-order valence-electron chi connectivity index (χ1n) is 8.94. The van der Waals surface area contributed by atoms with Crippen molar-refractivity contribution >= 4 is 23.8 Å². The van der Waals surface area contributed by atoms with Gasteiger partial charge in [-0.25, -0.2) is 9.78 Å². The van der Waals surface area contributed by atoms with Crippen LogP contribution in [-0.2, 0) is 16.1 Å². The number of benzene rings is 2. The number of pyridine rings is 1. The van der Waals surface area contributed by atoms with Crippen molar-refractivity contribution in [2.45, 2.75) is 6.61 Å². The van der Waals surface area contributed by atoms with E-state index in [0.717, 1.165) is 16.9 Å². The number of aromatic nitrogens is 1. The number of carbonyl (C=O) groups excluding carboxylic acids is 2. The number of nitrogens with zero attached hydrogens (tertiary/aromatic N) is 1. The molecule has 0 aliphatic carbocycles. The van der Waals surface area contributed by atoms with Crippen molar-refractivity contribution < 1.29 is 19.1 Å². The standard InChI is InChI=1S/C23H20N2O4/c1-28-23(27)19-11-12-21(24-15-19)25-22(26)13-10-17-8-5-9-20(14-17)29-16-18-6-3-2-4-7-18/h2-15H,16H2,1H3,(H,24,25,26)/b13-10+. The summed E-state index contributed by atoms with van der Waals surface area (Å²) in [6, 6.07) is 20.4. The van der Waals surface area contributed by atoms with E-state index in [9.17, 15) is 9.59 Å². The van der Waals surface area contributed by atoms with Crippen molar-refractivity contribution in [2.75, 3.05) is 12.4 Å². The van der Waals surface area contributed by atoms with Gasteiger partial charge in [0.1, 0.15) is 18.2 Å². The Balaban J connectivity index is 1.56. The maximum Gasteiger partial charge on any atom is 0.339 e. The molecule has 0 atom stereocenters. The third-order valence-electron chi connectivity index (χ3n) is 3.97. The number of anilines is 1. The summed E-state index contributed by atoms with van der Waals surface area (Å²) in [6.45, 7) is 0.474. The predicted molar refractivity (Wildman–Crippen MR) is 110 cm³/mol. The van der Waals surface area contributed by atoms with E-state index in [-0.39, 0.29) is 5.91 Å².